The molecule has 1 aromatic carbocycles. The largest absolute Gasteiger partial charge is 0.469 e. The predicted molar refractivity (Wildman–Crippen MR) is 82.3 cm³/mol. The summed E-state index contributed by atoms with van der Waals surface area (Å²) in [6.07, 6.45) is 0.300. The first-order chi connectivity index (χ1) is 10.1. The number of amides is 1. The third-order valence-corrected chi connectivity index (χ3v) is 3.98. The Bertz CT molecular complexity index is 635. The molecular formula is C15H16N2O3S. The van der Waals surface area contributed by atoms with Gasteiger partial charge in [0.15, 0.2) is 0 Å². The van der Waals surface area contributed by atoms with Gasteiger partial charge in [-0.05, 0) is 36.4 Å². The molecule has 0 bridgehead atoms. The monoisotopic (exact) mass is 304 g/mol. The van der Waals surface area contributed by atoms with Gasteiger partial charge >= 0.3 is 5.97 Å². The number of hydrogen-bond donors (Lipinski definition) is 2. The molecular weight excluding hydrogens is 288 g/mol. The molecule has 110 valence electrons. The van der Waals surface area contributed by atoms with E-state index in [-0.39, 0.29) is 5.97 Å². The number of ether oxygens (including phenoxy) is 1. The van der Waals surface area contributed by atoms with Crippen molar-refractivity contribution in [2.45, 2.75) is 13.0 Å². The molecule has 21 heavy (non-hydrogen) atoms. The number of esters is 1. The minimum absolute atomic E-state index is 0.238. The standard InChI is InChI=1S/C15H16N2O3S/c1-20-14(18)8-12-6-7-13(21-12)9-17-11-4-2-10(3-5-11)15(16)19/h2-7,17H,8-9H2,1H3,(H2,16,19). The molecule has 1 heterocycles. The van der Waals surface area contributed by atoms with Crippen LogP contribution >= 0.6 is 11.3 Å². The van der Waals surface area contributed by atoms with Crippen molar-refractivity contribution in [1.29, 1.82) is 0 Å². The molecule has 0 aliphatic carbocycles. The highest BCUT2D eigenvalue weighted by Gasteiger charge is 2.06. The second-order valence-corrected chi connectivity index (χ2v) is 5.67. The Kier molecular flexibility index (Phi) is 4.94. The Labute approximate surface area is 126 Å². The van der Waals surface area contributed by atoms with Crippen LogP contribution in [0.15, 0.2) is 36.4 Å². The molecule has 5 nitrogen and oxygen atoms in total. The molecule has 0 unspecified atom stereocenters. The van der Waals surface area contributed by atoms with E-state index in [1.165, 1.54) is 7.11 Å². The third-order valence-electron chi connectivity index (χ3n) is 2.90. The molecule has 0 spiro atoms. The molecule has 0 saturated heterocycles. The number of hydrogen-bond acceptors (Lipinski definition) is 5. The quantitative estimate of drug-likeness (QED) is 0.801. The second-order valence-electron chi connectivity index (χ2n) is 4.42. The summed E-state index contributed by atoms with van der Waals surface area (Å²) in [7, 11) is 1.38. The van der Waals surface area contributed by atoms with Crippen molar-refractivity contribution in [1.82, 2.24) is 0 Å². The fraction of sp³-hybridized carbons (Fsp3) is 0.200. The van der Waals surface area contributed by atoms with Crippen molar-refractivity contribution < 1.29 is 14.3 Å². The molecule has 0 radical (unpaired) electrons. The van der Waals surface area contributed by atoms with Gasteiger partial charge in [0.05, 0.1) is 13.5 Å². The van der Waals surface area contributed by atoms with Gasteiger partial charge in [0.2, 0.25) is 5.91 Å². The number of nitrogens with two attached hydrogens (primary N) is 1. The molecule has 0 fully saturated rings. The van der Waals surface area contributed by atoms with E-state index in [4.69, 9.17) is 5.73 Å². The number of nitrogens with one attached hydrogen (secondary N) is 1. The number of primary amides is 1. The molecule has 1 amide bonds. The average molecular weight is 304 g/mol. The van der Waals surface area contributed by atoms with Crippen LogP contribution in [0.1, 0.15) is 20.1 Å². The maximum absolute atomic E-state index is 11.2. The van der Waals surface area contributed by atoms with Gasteiger partial charge in [0.1, 0.15) is 0 Å². The number of benzene rings is 1. The normalized spacial score (nSPS) is 10.1. The fourth-order valence-electron chi connectivity index (χ4n) is 1.77. The summed E-state index contributed by atoms with van der Waals surface area (Å²) in [6.45, 7) is 0.655. The Morgan fingerprint density at radius 1 is 1.14 bits per heavy atom. The van der Waals surface area contributed by atoms with Gasteiger partial charge in [0.25, 0.3) is 0 Å². The predicted octanol–water partition coefficient (Wildman–Crippen LogP) is 2.17. The maximum atomic E-state index is 11.2. The molecule has 0 atom stereocenters. The zero-order valence-corrected chi connectivity index (χ0v) is 12.4. The number of carbonyl (C=O) groups is 2. The minimum atomic E-state index is -0.438. The van der Waals surface area contributed by atoms with Crippen molar-refractivity contribution in [3.8, 4) is 0 Å². The molecule has 2 rings (SSSR count). The number of carbonyl (C=O) groups excluding carboxylic acids is 2. The Hall–Kier alpha value is -2.34. The van der Waals surface area contributed by atoms with Crippen molar-refractivity contribution in [3.05, 3.63) is 51.7 Å². The van der Waals surface area contributed by atoms with Gasteiger partial charge in [-0.3, -0.25) is 9.59 Å². The van der Waals surface area contributed by atoms with Crippen LogP contribution in [0.5, 0.6) is 0 Å². The van der Waals surface area contributed by atoms with Crippen molar-refractivity contribution >= 4 is 28.9 Å². The summed E-state index contributed by atoms with van der Waals surface area (Å²) >= 11 is 1.57. The zero-order chi connectivity index (χ0) is 15.2. The van der Waals surface area contributed by atoms with E-state index in [0.717, 1.165) is 15.4 Å². The molecule has 6 heteroatoms. The van der Waals surface area contributed by atoms with E-state index in [0.29, 0.717) is 18.5 Å². The number of rotatable bonds is 6. The van der Waals surface area contributed by atoms with E-state index < -0.39 is 5.91 Å². The maximum Gasteiger partial charge on any atom is 0.310 e. The van der Waals surface area contributed by atoms with Crippen LogP contribution in [0, 0.1) is 0 Å². The van der Waals surface area contributed by atoms with Crippen LogP contribution in [-0.4, -0.2) is 19.0 Å². The molecule has 0 aliphatic heterocycles. The van der Waals surface area contributed by atoms with Crippen LogP contribution in [0.3, 0.4) is 0 Å². The Morgan fingerprint density at radius 3 is 2.43 bits per heavy atom. The first kappa shape index (κ1) is 15.1. The van der Waals surface area contributed by atoms with Crippen LogP contribution in [0.2, 0.25) is 0 Å². The summed E-state index contributed by atoms with van der Waals surface area (Å²) in [4.78, 5) is 24.3. The summed E-state index contributed by atoms with van der Waals surface area (Å²) in [5.74, 6) is -0.675. The van der Waals surface area contributed by atoms with E-state index in [1.54, 1.807) is 23.5 Å². The van der Waals surface area contributed by atoms with E-state index in [9.17, 15) is 9.59 Å². The Morgan fingerprint density at radius 2 is 1.81 bits per heavy atom. The molecule has 0 aliphatic rings. The van der Waals surface area contributed by atoms with Gasteiger partial charge in [-0.1, -0.05) is 0 Å². The lowest BCUT2D eigenvalue weighted by atomic mass is 10.2. The number of thiophene rings is 1. The zero-order valence-electron chi connectivity index (χ0n) is 11.6. The van der Waals surface area contributed by atoms with Crippen molar-refractivity contribution in [2.75, 3.05) is 12.4 Å². The average Bonchev–Trinajstić information content (AvgIpc) is 2.93. The SMILES string of the molecule is COC(=O)Cc1ccc(CNc2ccc(C(N)=O)cc2)s1. The van der Waals surface area contributed by atoms with E-state index >= 15 is 0 Å². The van der Waals surface area contributed by atoms with Gasteiger partial charge in [0, 0.05) is 27.5 Å². The molecule has 0 saturated carbocycles. The number of anilines is 1. The molecule has 2 aromatic rings. The van der Waals surface area contributed by atoms with Crippen LogP contribution < -0.4 is 11.1 Å². The highest BCUT2D eigenvalue weighted by molar-refractivity contribution is 7.12. The lowest BCUT2D eigenvalue weighted by Crippen LogP contribution is -2.10. The first-order valence-electron chi connectivity index (χ1n) is 6.36. The van der Waals surface area contributed by atoms with Crippen molar-refractivity contribution in [2.24, 2.45) is 5.73 Å². The lowest BCUT2D eigenvalue weighted by molar-refractivity contribution is -0.139. The smallest absolute Gasteiger partial charge is 0.310 e. The molecule has 3 N–H and O–H groups in total. The van der Waals surface area contributed by atoms with Crippen molar-refractivity contribution in [3.63, 3.8) is 0 Å². The van der Waals surface area contributed by atoms with E-state index in [2.05, 4.69) is 10.1 Å². The van der Waals surface area contributed by atoms with Gasteiger partial charge in [-0.2, -0.15) is 0 Å². The highest BCUT2D eigenvalue weighted by Crippen LogP contribution is 2.19. The third kappa shape index (κ3) is 4.32. The van der Waals surface area contributed by atoms with Gasteiger partial charge < -0.3 is 15.8 Å². The summed E-state index contributed by atoms with van der Waals surface area (Å²) in [6, 6.07) is 10.9. The minimum Gasteiger partial charge on any atom is -0.469 e. The molecule has 1 aromatic heterocycles. The van der Waals surface area contributed by atoms with Crippen LogP contribution in [0.4, 0.5) is 5.69 Å². The topological polar surface area (TPSA) is 81.4 Å². The fourth-order valence-corrected chi connectivity index (χ4v) is 2.71. The second kappa shape index (κ2) is 6.90. The number of methoxy groups -OCH3 is 1. The summed E-state index contributed by atoms with van der Waals surface area (Å²) in [5.41, 5.74) is 6.58. The summed E-state index contributed by atoms with van der Waals surface area (Å²) < 4.78 is 4.64. The van der Waals surface area contributed by atoms with Gasteiger partial charge in [-0.25, -0.2) is 0 Å². The highest BCUT2D eigenvalue weighted by atomic mass is 32.1. The first-order valence-corrected chi connectivity index (χ1v) is 7.18. The Balaban J connectivity index is 1.90. The lowest BCUT2D eigenvalue weighted by Gasteiger charge is -2.05. The summed E-state index contributed by atoms with van der Waals surface area (Å²) in [5, 5.41) is 3.25. The van der Waals surface area contributed by atoms with E-state index in [1.807, 2.05) is 24.3 Å². The van der Waals surface area contributed by atoms with Crippen LogP contribution in [-0.2, 0) is 22.5 Å². The van der Waals surface area contributed by atoms with Gasteiger partial charge in [-0.15, -0.1) is 11.3 Å². The van der Waals surface area contributed by atoms with Crippen LogP contribution in [0.25, 0.3) is 0 Å².